The van der Waals surface area contributed by atoms with Gasteiger partial charge in [-0.25, -0.2) is 13.6 Å². The van der Waals surface area contributed by atoms with E-state index in [2.05, 4.69) is 10.2 Å². The fourth-order valence-electron chi connectivity index (χ4n) is 1.06. The third kappa shape index (κ3) is 3.16. The number of rotatable bonds is 3. The molecule has 17 heavy (non-hydrogen) atoms. The normalized spacial score (nSPS) is 11.6. The van der Waals surface area contributed by atoms with Crippen molar-refractivity contribution >= 4 is 38.3 Å². The van der Waals surface area contributed by atoms with E-state index in [1.807, 2.05) is 0 Å². The van der Waals surface area contributed by atoms with Gasteiger partial charge in [0.25, 0.3) is 0 Å². The monoisotopic (exact) mass is 288 g/mol. The lowest BCUT2D eigenvalue weighted by Crippen LogP contribution is -2.11. The van der Waals surface area contributed by atoms with Crippen LogP contribution in [0.2, 0.25) is 0 Å². The highest BCUT2D eigenvalue weighted by atomic mass is 32.2. The molecule has 0 amide bonds. The molecule has 90 valence electrons. The molecule has 0 radical (unpaired) electrons. The first kappa shape index (κ1) is 12.3. The Balaban J connectivity index is 2.19. The Bertz CT molecular complexity index is 620. The Morgan fingerprint density at radius 2 is 1.82 bits per heavy atom. The molecule has 0 saturated carbocycles. The Kier molecular flexibility index (Phi) is 3.33. The average molecular weight is 288 g/mol. The molecule has 0 bridgehead atoms. The molecular formula is C8H8N4O2S3. The highest BCUT2D eigenvalue weighted by Crippen LogP contribution is 2.31. The molecule has 0 atom stereocenters. The van der Waals surface area contributed by atoms with E-state index in [4.69, 9.17) is 10.9 Å². The van der Waals surface area contributed by atoms with Gasteiger partial charge in [0.05, 0.1) is 4.90 Å². The molecule has 6 nitrogen and oxygen atoms in total. The maximum absolute atomic E-state index is 11.0. The van der Waals surface area contributed by atoms with E-state index in [0.29, 0.717) is 9.47 Å². The number of hydrogen-bond acceptors (Lipinski definition) is 7. The van der Waals surface area contributed by atoms with E-state index in [1.165, 1.54) is 35.2 Å². The second-order valence-corrected chi connectivity index (χ2v) is 6.92. The summed E-state index contributed by atoms with van der Waals surface area (Å²) in [4.78, 5) is 0.923. The van der Waals surface area contributed by atoms with Crippen LogP contribution in [-0.2, 0) is 10.0 Å². The molecule has 0 aliphatic carbocycles. The van der Waals surface area contributed by atoms with E-state index < -0.39 is 10.0 Å². The minimum absolute atomic E-state index is 0.0821. The van der Waals surface area contributed by atoms with Crippen molar-refractivity contribution in [2.45, 2.75) is 14.1 Å². The van der Waals surface area contributed by atoms with Crippen molar-refractivity contribution < 1.29 is 8.42 Å². The van der Waals surface area contributed by atoms with Crippen LogP contribution in [0.3, 0.4) is 0 Å². The fraction of sp³-hybridized carbons (Fsp3) is 0. The zero-order valence-corrected chi connectivity index (χ0v) is 10.8. The number of hydrogen-bond donors (Lipinski definition) is 2. The molecule has 1 aromatic carbocycles. The number of nitrogens with two attached hydrogens (primary N) is 2. The fourth-order valence-corrected chi connectivity index (χ4v) is 3.18. The first-order valence-electron chi connectivity index (χ1n) is 4.35. The number of primary sulfonamides is 1. The van der Waals surface area contributed by atoms with Gasteiger partial charge in [-0.1, -0.05) is 23.1 Å². The second kappa shape index (κ2) is 4.61. The van der Waals surface area contributed by atoms with Crippen LogP contribution in [0.5, 0.6) is 0 Å². The van der Waals surface area contributed by atoms with Crippen molar-refractivity contribution in [1.82, 2.24) is 10.2 Å². The largest absolute Gasteiger partial charge is 0.374 e. The van der Waals surface area contributed by atoms with Crippen LogP contribution in [0, 0.1) is 0 Å². The summed E-state index contributed by atoms with van der Waals surface area (Å²) in [7, 11) is -3.64. The Labute approximate surface area is 106 Å². The zero-order valence-electron chi connectivity index (χ0n) is 8.40. The van der Waals surface area contributed by atoms with Crippen LogP contribution in [0.4, 0.5) is 5.13 Å². The number of benzene rings is 1. The number of aromatic nitrogens is 2. The summed E-state index contributed by atoms with van der Waals surface area (Å²) in [6.45, 7) is 0. The Morgan fingerprint density at radius 1 is 1.18 bits per heavy atom. The molecule has 9 heteroatoms. The molecule has 4 N–H and O–H groups in total. The van der Waals surface area contributed by atoms with Gasteiger partial charge in [0.1, 0.15) is 0 Å². The quantitative estimate of drug-likeness (QED) is 0.868. The lowest BCUT2D eigenvalue weighted by molar-refractivity contribution is 0.597. The number of nitrogens with zero attached hydrogens (tertiary/aromatic N) is 2. The summed E-state index contributed by atoms with van der Waals surface area (Å²) >= 11 is 2.62. The highest BCUT2D eigenvalue weighted by Gasteiger charge is 2.08. The lowest BCUT2D eigenvalue weighted by atomic mass is 10.4. The molecule has 0 aliphatic heterocycles. The van der Waals surface area contributed by atoms with Crippen LogP contribution in [0.1, 0.15) is 0 Å². The van der Waals surface area contributed by atoms with Gasteiger partial charge in [0.2, 0.25) is 15.2 Å². The smallest absolute Gasteiger partial charge is 0.238 e. The summed E-state index contributed by atoms with van der Waals surface area (Å²) in [6, 6.07) is 6.20. The predicted molar refractivity (Wildman–Crippen MR) is 66.3 cm³/mol. The van der Waals surface area contributed by atoms with Crippen LogP contribution in [0.25, 0.3) is 0 Å². The van der Waals surface area contributed by atoms with Crippen molar-refractivity contribution in [3.8, 4) is 0 Å². The highest BCUT2D eigenvalue weighted by molar-refractivity contribution is 8.01. The van der Waals surface area contributed by atoms with Gasteiger partial charge < -0.3 is 5.73 Å². The lowest BCUT2D eigenvalue weighted by Gasteiger charge is -1.99. The molecule has 0 spiro atoms. The van der Waals surface area contributed by atoms with Crippen LogP contribution < -0.4 is 10.9 Å². The molecule has 1 heterocycles. The van der Waals surface area contributed by atoms with Crippen LogP contribution >= 0.6 is 23.1 Å². The van der Waals surface area contributed by atoms with Crippen molar-refractivity contribution in [1.29, 1.82) is 0 Å². The number of anilines is 1. The van der Waals surface area contributed by atoms with Gasteiger partial charge in [-0.2, -0.15) is 0 Å². The minimum Gasteiger partial charge on any atom is -0.374 e. The first-order valence-corrected chi connectivity index (χ1v) is 7.53. The maximum atomic E-state index is 11.0. The SMILES string of the molecule is Nc1nnc(Sc2ccc(S(N)(=O)=O)cc2)s1. The zero-order chi connectivity index (χ0) is 12.5. The van der Waals surface area contributed by atoms with Gasteiger partial charge in [0.15, 0.2) is 4.34 Å². The predicted octanol–water partition coefficient (Wildman–Crippen LogP) is 0.919. The number of sulfonamides is 1. The van der Waals surface area contributed by atoms with Crippen LogP contribution in [0.15, 0.2) is 38.4 Å². The summed E-state index contributed by atoms with van der Waals surface area (Å²) in [5, 5.41) is 12.9. The third-order valence-electron chi connectivity index (χ3n) is 1.78. The van der Waals surface area contributed by atoms with E-state index in [9.17, 15) is 8.42 Å². The summed E-state index contributed by atoms with van der Waals surface area (Å²) in [5.74, 6) is 0. The molecule has 0 aliphatic rings. The van der Waals surface area contributed by atoms with Crippen molar-refractivity contribution in [2.24, 2.45) is 5.14 Å². The molecular weight excluding hydrogens is 280 g/mol. The summed E-state index contributed by atoms with van der Waals surface area (Å²) in [6.07, 6.45) is 0. The average Bonchev–Trinajstić information content (AvgIpc) is 2.63. The van der Waals surface area contributed by atoms with E-state index in [-0.39, 0.29) is 4.90 Å². The minimum atomic E-state index is -3.64. The topological polar surface area (TPSA) is 112 Å². The second-order valence-electron chi connectivity index (χ2n) is 3.02. The first-order chi connectivity index (χ1) is 7.95. The maximum Gasteiger partial charge on any atom is 0.238 e. The van der Waals surface area contributed by atoms with Crippen LogP contribution in [-0.4, -0.2) is 18.6 Å². The van der Waals surface area contributed by atoms with Gasteiger partial charge >= 0.3 is 0 Å². The molecule has 0 fully saturated rings. The molecule has 1 aromatic heterocycles. The molecule has 0 unspecified atom stereocenters. The summed E-state index contributed by atoms with van der Waals surface area (Å²) in [5.41, 5.74) is 5.45. The summed E-state index contributed by atoms with van der Waals surface area (Å²) < 4.78 is 22.8. The van der Waals surface area contributed by atoms with Crippen molar-refractivity contribution in [3.05, 3.63) is 24.3 Å². The molecule has 2 rings (SSSR count). The standard InChI is InChI=1S/C8H8N4O2S3/c9-7-11-12-8(16-7)15-5-1-3-6(4-2-5)17(10,13)14/h1-4H,(H2,9,11)(H2,10,13,14). The van der Waals surface area contributed by atoms with Crippen molar-refractivity contribution in [3.63, 3.8) is 0 Å². The molecule has 0 saturated heterocycles. The van der Waals surface area contributed by atoms with E-state index in [0.717, 1.165) is 4.90 Å². The van der Waals surface area contributed by atoms with E-state index >= 15 is 0 Å². The third-order valence-corrected chi connectivity index (χ3v) is 4.52. The van der Waals surface area contributed by atoms with Gasteiger partial charge in [-0.05, 0) is 24.3 Å². The Morgan fingerprint density at radius 3 is 2.29 bits per heavy atom. The van der Waals surface area contributed by atoms with Gasteiger partial charge in [-0.15, -0.1) is 10.2 Å². The van der Waals surface area contributed by atoms with Gasteiger partial charge in [-0.3, -0.25) is 0 Å². The van der Waals surface area contributed by atoms with Crippen molar-refractivity contribution in [2.75, 3.05) is 5.73 Å². The number of nitrogen functional groups attached to an aromatic ring is 1. The Hall–Kier alpha value is -1.16. The van der Waals surface area contributed by atoms with Gasteiger partial charge in [0, 0.05) is 4.90 Å². The molecule has 2 aromatic rings. The van der Waals surface area contributed by atoms with E-state index in [1.54, 1.807) is 12.1 Å².